The highest BCUT2D eigenvalue weighted by Crippen LogP contribution is 2.20. The van der Waals surface area contributed by atoms with Gasteiger partial charge in [-0.25, -0.2) is 4.98 Å². The number of hydrogen-bond acceptors (Lipinski definition) is 4. The number of carbonyl (C=O) groups is 1. The first-order chi connectivity index (χ1) is 11.1. The average molecular weight is 310 g/mol. The third kappa shape index (κ3) is 3.66. The Hall–Kier alpha value is -2.89. The number of amides is 1. The van der Waals surface area contributed by atoms with Gasteiger partial charge in [-0.3, -0.25) is 9.48 Å². The quantitative estimate of drug-likeness (QED) is 0.786. The molecule has 2 aromatic heterocycles. The molecule has 0 saturated heterocycles. The molecule has 0 aliphatic rings. The number of anilines is 1. The number of benzene rings is 1. The van der Waals surface area contributed by atoms with E-state index >= 15 is 0 Å². The molecule has 23 heavy (non-hydrogen) atoms. The lowest BCUT2D eigenvalue weighted by Crippen LogP contribution is -2.14. The van der Waals surface area contributed by atoms with Gasteiger partial charge in [0.1, 0.15) is 5.82 Å². The predicted molar refractivity (Wildman–Crippen MR) is 86.8 cm³/mol. The van der Waals surface area contributed by atoms with Crippen LogP contribution in [-0.2, 0) is 18.3 Å². The van der Waals surface area contributed by atoms with E-state index in [9.17, 15) is 4.79 Å². The zero-order valence-corrected chi connectivity index (χ0v) is 13.1. The third-order valence-corrected chi connectivity index (χ3v) is 3.45. The van der Waals surface area contributed by atoms with E-state index in [0.717, 1.165) is 11.3 Å². The third-order valence-electron chi connectivity index (χ3n) is 3.45. The van der Waals surface area contributed by atoms with E-state index < -0.39 is 0 Å². The maximum absolute atomic E-state index is 12.0. The lowest BCUT2D eigenvalue weighted by molar-refractivity contribution is -0.116. The van der Waals surface area contributed by atoms with E-state index in [1.54, 1.807) is 17.9 Å². The fourth-order valence-corrected chi connectivity index (χ4v) is 2.32. The van der Waals surface area contributed by atoms with Crippen LogP contribution in [-0.4, -0.2) is 20.7 Å². The molecule has 0 fully saturated rings. The van der Waals surface area contributed by atoms with Crippen LogP contribution < -0.4 is 5.32 Å². The van der Waals surface area contributed by atoms with Crippen molar-refractivity contribution in [3.63, 3.8) is 0 Å². The minimum Gasteiger partial charge on any atom is -0.441 e. The SMILES string of the molecule is Cc1cc(NC(=O)CCc2ncc(-c3ccccc3)o2)n(C)n1. The Kier molecular flexibility index (Phi) is 4.23. The summed E-state index contributed by atoms with van der Waals surface area (Å²) in [7, 11) is 1.79. The van der Waals surface area contributed by atoms with Gasteiger partial charge >= 0.3 is 0 Å². The lowest BCUT2D eigenvalue weighted by Gasteiger charge is -2.03. The molecule has 0 saturated carbocycles. The van der Waals surface area contributed by atoms with Gasteiger partial charge < -0.3 is 9.73 Å². The second kappa shape index (κ2) is 6.48. The smallest absolute Gasteiger partial charge is 0.226 e. The Morgan fingerprint density at radius 1 is 1.30 bits per heavy atom. The van der Waals surface area contributed by atoms with Crippen molar-refractivity contribution < 1.29 is 9.21 Å². The number of carbonyl (C=O) groups excluding carboxylic acids is 1. The molecule has 118 valence electrons. The van der Waals surface area contributed by atoms with Gasteiger partial charge in [0.05, 0.1) is 11.9 Å². The van der Waals surface area contributed by atoms with Gasteiger partial charge in [-0.15, -0.1) is 0 Å². The Labute approximate surface area is 134 Å². The molecular formula is C17H18N4O2. The minimum atomic E-state index is -0.0903. The first-order valence-corrected chi connectivity index (χ1v) is 7.42. The van der Waals surface area contributed by atoms with Crippen molar-refractivity contribution >= 4 is 11.7 Å². The molecule has 0 radical (unpaired) electrons. The van der Waals surface area contributed by atoms with Crippen molar-refractivity contribution in [1.29, 1.82) is 0 Å². The predicted octanol–water partition coefficient (Wildman–Crippen LogP) is 2.95. The van der Waals surface area contributed by atoms with Crippen molar-refractivity contribution in [2.24, 2.45) is 7.05 Å². The highest BCUT2D eigenvalue weighted by Gasteiger charge is 2.10. The van der Waals surface area contributed by atoms with Crippen LogP contribution in [0.25, 0.3) is 11.3 Å². The van der Waals surface area contributed by atoms with E-state index in [1.807, 2.05) is 43.3 Å². The van der Waals surface area contributed by atoms with Gasteiger partial charge in [-0.1, -0.05) is 30.3 Å². The number of nitrogens with zero attached hydrogens (tertiary/aromatic N) is 3. The summed E-state index contributed by atoms with van der Waals surface area (Å²) >= 11 is 0. The largest absolute Gasteiger partial charge is 0.441 e. The molecule has 1 amide bonds. The molecule has 0 aliphatic heterocycles. The number of aromatic nitrogens is 3. The van der Waals surface area contributed by atoms with E-state index in [-0.39, 0.29) is 5.91 Å². The zero-order chi connectivity index (χ0) is 16.2. The van der Waals surface area contributed by atoms with Crippen LogP contribution in [0.5, 0.6) is 0 Å². The Balaban J connectivity index is 1.57. The highest BCUT2D eigenvalue weighted by atomic mass is 16.4. The average Bonchev–Trinajstić information content (AvgIpc) is 3.13. The van der Waals surface area contributed by atoms with Crippen LogP contribution in [0.4, 0.5) is 5.82 Å². The Morgan fingerprint density at radius 2 is 2.09 bits per heavy atom. The van der Waals surface area contributed by atoms with Crippen LogP contribution in [0.1, 0.15) is 18.0 Å². The molecule has 0 spiro atoms. The first kappa shape index (κ1) is 15.0. The number of nitrogens with one attached hydrogen (secondary N) is 1. The summed E-state index contributed by atoms with van der Waals surface area (Å²) < 4.78 is 7.33. The molecular weight excluding hydrogens is 292 g/mol. The van der Waals surface area contributed by atoms with Gasteiger partial charge in [-0.2, -0.15) is 5.10 Å². The maximum Gasteiger partial charge on any atom is 0.226 e. The molecule has 0 unspecified atom stereocenters. The van der Waals surface area contributed by atoms with Crippen LogP contribution in [0, 0.1) is 6.92 Å². The Morgan fingerprint density at radius 3 is 2.78 bits per heavy atom. The fourth-order valence-electron chi connectivity index (χ4n) is 2.32. The normalized spacial score (nSPS) is 10.7. The maximum atomic E-state index is 12.0. The van der Waals surface area contributed by atoms with Crippen molar-refractivity contribution in [3.8, 4) is 11.3 Å². The molecule has 0 aliphatic carbocycles. The van der Waals surface area contributed by atoms with Crippen molar-refractivity contribution in [2.75, 3.05) is 5.32 Å². The molecule has 3 rings (SSSR count). The van der Waals surface area contributed by atoms with Crippen LogP contribution in [0.15, 0.2) is 47.0 Å². The second-order valence-electron chi connectivity index (χ2n) is 5.33. The summed E-state index contributed by atoms with van der Waals surface area (Å²) in [5.41, 5.74) is 1.84. The monoisotopic (exact) mass is 310 g/mol. The molecule has 0 bridgehead atoms. The van der Waals surface area contributed by atoms with Crippen molar-refractivity contribution in [2.45, 2.75) is 19.8 Å². The van der Waals surface area contributed by atoms with Crippen LogP contribution >= 0.6 is 0 Å². The second-order valence-corrected chi connectivity index (χ2v) is 5.33. The first-order valence-electron chi connectivity index (χ1n) is 7.42. The van der Waals surface area contributed by atoms with Gasteiger partial charge in [0.15, 0.2) is 11.7 Å². The molecule has 3 aromatic rings. The van der Waals surface area contributed by atoms with Gasteiger partial charge in [0, 0.05) is 31.5 Å². The van der Waals surface area contributed by atoms with Crippen LogP contribution in [0.3, 0.4) is 0 Å². The fraction of sp³-hybridized carbons (Fsp3) is 0.235. The zero-order valence-electron chi connectivity index (χ0n) is 13.1. The summed E-state index contributed by atoms with van der Waals surface area (Å²) in [4.78, 5) is 16.2. The summed E-state index contributed by atoms with van der Waals surface area (Å²) in [5, 5.41) is 7.02. The number of rotatable bonds is 5. The van der Waals surface area contributed by atoms with E-state index in [4.69, 9.17) is 4.42 Å². The molecule has 1 N–H and O–H groups in total. The summed E-state index contributed by atoms with van der Waals surface area (Å²) in [6.07, 6.45) is 2.45. The molecule has 0 atom stereocenters. The van der Waals surface area contributed by atoms with Gasteiger partial charge in [0.25, 0.3) is 0 Å². The standard InChI is InChI=1S/C17H18N4O2/c1-12-10-15(21(2)20-12)19-16(22)8-9-17-18-11-14(23-17)13-6-4-3-5-7-13/h3-7,10-11H,8-9H2,1-2H3,(H,19,22). The molecule has 6 heteroatoms. The topological polar surface area (TPSA) is 73.0 Å². The summed E-state index contributed by atoms with van der Waals surface area (Å²) in [5.74, 6) is 1.86. The minimum absolute atomic E-state index is 0.0903. The molecule has 6 nitrogen and oxygen atoms in total. The number of hydrogen-bond donors (Lipinski definition) is 1. The highest BCUT2D eigenvalue weighted by molar-refractivity contribution is 5.89. The summed E-state index contributed by atoms with van der Waals surface area (Å²) in [6, 6.07) is 11.6. The summed E-state index contributed by atoms with van der Waals surface area (Å²) in [6.45, 7) is 1.88. The molecule has 2 heterocycles. The number of oxazole rings is 1. The van der Waals surface area contributed by atoms with Gasteiger partial charge in [-0.05, 0) is 6.92 Å². The van der Waals surface area contributed by atoms with Gasteiger partial charge in [0.2, 0.25) is 5.91 Å². The van der Waals surface area contributed by atoms with Crippen molar-refractivity contribution in [3.05, 3.63) is 54.2 Å². The van der Waals surface area contributed by atoms with Crippen LogP contribution in [0.2, 0.25) is 0 Å². The van der Waals surface area contributed by atoms with E-state index in [1.165, 1.54) is 0 Å². The molecule has 1 aromatic carbocycles. The number of aryl methyl sites for hydroxylation is 3. The Bertz CT molecular complexity index is 805. The van der Waals surface area contributed by atoms with E-state index in [0.29, 0.717) is 30.3 Å². The van der Waals surface area contributed by atoms with Crippen molar-refractivity contribution in [1.82, 2.24) is 14.8 Å². The lowest BCUT2D eigenvalue weighted by atomic mass is 10.2. The van der Waals surface area contributed by atoms with E-state index in [2.05, 4.69) is 15.4 Å².